The Labute approximate surface area is 547 Å². The van der Waals surface area contributed by atoms with Gasteiger partial charge in [-0.15, -0.1) is 0 Å². The Hall–Kier alpha value is -4.38. The molecule has 2 aromatic rings. The van der Waals surface area contributed by atoms with Crippen LogP contribution in [0.25, 0.3) is 0 Å². The molecule has 0 radical (unpaired) electrons. The van der Waals surface area contributed by atoms with Crippen LogP contribution < -0.4 is 26.8 Å². The smallest absolute Gasteiger partial charge is 0.303 e. The molecule has 91 heavy (non-hydrogen) atoms. The van der Waals surface area contributed by atoms with Crippen LogP contribution in [-0.4, -0.2) is 103 Å². The van der Waals surface area contributed by atoms with Crippen molar-refractivity contribution in [1.82, 2.24) is 15.5 Å². The van der Waals surface area contributed by atoms with Crippen molar-refractivity contribution in [1.29, 1.82) is 0 Å². The number of aliphatic imine (C=N–C) groups is 2. The van der Waals surface area contributed by atoms with E-state index >= 15 is 4.79 Å². The van der Waals surface area contributed by atoms with Gasteiger partial charge in [0.15, 0.2) is 23.4 Å². The van der Waals surface area contributed by atoms with Gasteiger partial charge in [-0.25, -0.2) is 0 Å². The number of carbonyl (C=O) groups is 2. The van der Waals surface area contributed by atoms with Gasteiger partial charge in [-0.3, -0.25) is 19.6 Å². The molecule has 490 valence electrons. The number of aliphatic hydroxyl groups excluding tert-OH is 2. The molecule has 14 bridgehead atoms. The van der Waals surface area contributed by atoms with Gasteiger partial charge in [0.1, 0.15) is 16.1 Å². The van der Waals surface area contributed by atoms with Crippen molar-refractivity contribution in [2.75, 3.05) is 19.6 Å². The molecule has 6 spiro atoms. The number of rotatable bonds is 4. The number of phenols is 1. The molecule has 0 aromatic heterocycles. The number of nitrogens with two attached hydrogens (primary N) is 2. The van der Waals surface area contributed by atoms with E-state index in [1.807, 2.05) is 4.90 Å². The zero-order chi connectivity index (χ0) is 61.9. The number of carbonyl (C=O) groups excluding carboxylic acids is 2. The Morgan fingerprint density at radius 3 is 2.52 bits per heavy atom. The highest BCUT2D eigenvalue weighted by Crippen LogP contribution is 2.77. The van der Waals surface area contributed by atoms with Gasteiger partial charge in [0.05, 0.1) is 12.2 Å². The molecule has 9 N–H and O–H groups in total. The van der Waals surface area contributed by atoms with Gasteiger partial charge in [-0.05, 0) is 224 Å². The molecule has 19 aliphatic rings. The summed E-state index contributed by atoms with van der Waals surface area (Å²) in [7, 11) is 4.19. The first-order valence-corrected chi connectivity index (χ1v) is 38.6. The Morgan fingerprint density at radius 1 is 0.835 bits per heavy atom. The summed E-state index contributed by atoms with van der Waals surface area (Å²) in [5, 5.41) is 47.9. The summed E-state index contributed by atoms with van der Waals surface area (Å²) in [5.74, 6) is 3.27. The highest BCUT2D eigenvalue weighted by atomic mass is 33.1. The molecule has 14 nitrogen and oxygen atoms in total. The molecule has 21 atom stereocenters. The lowest BCUT2D eigenvalue weighted by atomic mass is 9.41. The molecule has 8 heterocycles. The van der Waals surface area contributed by atoms with E-state index in [9.17, 15) is 20.1 Å². The number of hydrogen-bond acceptors (Lipinski definition) is 15. The molecule has 16 heteroatoms. The average molecular weight is 1280 g/mol. The number of fused-ring (bicyclic) bond motifs is 2. The zero-order valence-electron chi connectivity index (χ0n) is 53.8. The lowest BCUT2D eigenvalue weighted by Crippen LogP contribution is -2.63. The van der Waals surface area contributed by atoms with Gasteiger partial charge in [0.25, 0.3) is 0 Å². The largest absolute Gasteiger partial charge is 0.504 e. The summed E-state index contributed by atoms with van der Waals surface area (Å²) in [4.78, 5) is 40.8. The van der Waals surface area contributed by atoms with E-state index in [-0.39, 0.29) is 110 Å². The van der Waals surface area contributed by atoms with E-state index in [4.69, 9.17) is 25.9 Å². The van der Waals surface area contributed by atoms with Crippen molar-refractivity contribution >= 4 is 45.4 Å². The SMILES string of the molecule is CC(=O)OC12CC(O)C3C(CCC1Cc1cc(c(O)c4c1C1C=CC5(CCCC5C1)O4)CN1CC4(CC1=O)C(CCC4c1ccccc1)CN=C(N)NC1(CCCC14CCCC4)SSC1C=CC4C3CCC1C41CCCC13CCC(CC1CCN=C(N)N1)C3O)C2. The van der Waals surface area contributed by atoms with E-state index in [0.717, 1.165) is 140 Å². The first-order valence-electron chi connectivity index (χ1n) is 36.4. The lowest BCUT2D eigenvalue weighted by molar-refractivity contribution is -0.210. The molecular weight excluding hydrogens is 1180 g/mol. The van der Waals surface area contributed by atoms with E-state index in [1.54, 1.807) is 6.92 Å². The van der Waals surface area contributed by atoms with Crippen LogP contribution in [0.4, 0.5) is 0 Å². The Kier molecular flexibility index (Phi) is 14.8. The standard InChI is InChI=1S/C75H101N7O7S2/c1-44(83)88-73-38-48-13-14-52(73)36-49-34-50(64(86)65-62(49)46-22-32-72(89-65)28-7-12-51(72)35-46)42-82-43-70(40-61(82)85)53(15-17-56(70)45-10-3-2-4-11-45)41-79-68(77)81-75(30-8-26-69(75)24-5-6-25-69)91-90-60-20-19-57-55(63(48)59(84)39-73)16-18-58(60)74(57)29-9-27-71(74)31-21-47(66(71)87)37-54-23-33-78-67(76)80-54/h2-4,10-11,19-20,22,32,34,46-48,51-60,63,66,84,86-87H,5-9,12-18,21,23-31,33,35-43H2,1H3,(H3,76,78,80)(H3,77,79,81). The minimum atomic E-state index is -0.885. The predicted molar refractivity (Wildman–Crippen MR) is 358 cm³/mol. The summed E-state index contributed by atoms with van der Waals surface area (Å²) in [6.45, 7) is 3.63. The number of phenolic OH excluding ortho intramolecular Hbond substituents is 1. The maximum absolute atomic E-state index is 15.2. The van der Waals surface area contributed by atoms with Gasteiger partial charge in [0, 0.05) is 102 Å². The number of nitrogens with zero attached hydrogens (tertiary/aromatic N) is 3. The minimum absolute atomic E-state index is 0.0248. The van der Waals surface area contributed by atoms with Crippen LogP contribution in [0.15, 0.2) is 70.7 Å². The Balaban J connectivity index is 0.792. The second-order valence-electron chi connectivity index (χ2n) is 32.8. The topological polar surface area (TPSA) is 217 Å². The predicted octanol–water partition coefficient (Wildman–Crippen LogP) is 12.2. The van der Waals surface area contributed by atoms with Crippen molar-refractivity contribution in [3.05, 3.63) is 83.0 Å². The van der Waals surface area contributed by atoms with E-state index < -0.39 is 28.8 Å². The summed E-state index contributed by atoms with van der Waals surface area (Å²) in [6, 6.07) is 13.3. The maximum Gasteiger partial charge on any atom is 0.303 e. The third-order valence-electron chi connectivity index (χ3n) is 29.3. The van der Waals surface area contributed by atoms with Crippen LogP contribution in [-0.2, 0) is 27.3 Å². The van der Waals surface area contributed by atoms with Crippen molar-refractivity contribution in [3.63, 3.8) is 0 Å². The number of benzene rings is 2. The fourth-order valence-corrected chi connectivity index (χ4v) is 30.0. The van der Waals surface area contributed by atoms with Gasteiger partial charge in [-0.1, -0.05) is 89.4 Å². The van der Waals surface area contributed by atoms with Crippen molar-refractivity contribution in [2.24, 2.45) is 96.4 Å². The monoisotopic (exact) mass is 1280 g/mol. The number of hydrogen-bond donors (Lipinski definition) is 7. The zero-order valence-corrected chi connectivity index (χ0v) is 55.5. The number of aromatic hydroxyl groups is 1. The quantitative estimate of drug-likeness (QED) is 0.0862. The number of nitrogens with one attached hydrogen (secondary N) is 2. The summed E-state index contributed by atoms with van der Waals surface area (Å²) < 4.78 is 14.3. The molecule has 21 rings (SSSR count). The average Bonchev–Trinajstić information content (AvgIpc) is 1.57. The maximum atomic E-state index is 15.2. The molecule has 1 amide bonds. The number of allylic oxidation sites excluding steroid dienone is 2. The fourth-order valence-electron chi connectivity index (χ4n) is 25.8. The van der Waals surface area contributed by atoms with E-state index in [2.05, 4.69) is 97.9 Å². The Morgan fingerprint density at radius 2 is 1.67 bits per heavy atom. The van der Waals surface area contributed by atoms with Crippen LogP contribution in [0.5, 0.6) is 11.5 Å². The lowest BCUT2D eigenvalue weighted by Gasteiger charge is -2.65. The molecule has 10 fully saturated rings. The van der Waals surface area contributed by atoms with Crippen LogP contribution in [0.2, 0.25) is 0 Å². The van der Waals surface area contributed by atoms with Crippen LogP contribution in [0.1, 0.15) is 214 Å². The molecule has 11 aliphatic carbocycles. The fraction of sp³-hybridized carbons (Fsp3) is 0.733. The third-order valence-corrected chi connectivity index (χ3v) is 33.0. The van der Waals surface area contributed by atoms with Gasteiger partial charge >= 0.3 is 5.97 Å². The molecule has 8 aliphatic heterocycles. The second-order valence-corrected chi connectivity index (χ2v) is 35.5. The van der Waals surface area contributed by atoms with Gasteiger partial charge < -0.3 is 51.8 Å². The summed E-state index contributed by atoms with van der Waals surface area (Å²) in [5.41, 5.74) is 15.8. The minimum Gasteiger partial charge on any atom is -0.504 e. The highest BCUT2D eigenvalue weighted by Gasteiger charge is 2.72. The van der Waals surface area contributed by atoms with Gasteiger partial charge in [-0.2, -0.15) is 0 Å². The summed E-state index contributed by atoms with van der Waals surface area (Å²) >= 11 is 0. The van der Waals surface area contributed by atoms with Gasteiger partial charge in [0.2, 0.25) is 5.91 Å². The first kappa shape index (κ1) is 60.3. The van der Waals surface area contributed by atoms with Crippen LogP contribution in [0.3, 0.4) is 0 Å². The van der Waals surface area contributed by atoms with Crippen molar-refractivity contribution in [3.8, 4) is 11.5 Å². The number of guanidine groups is 2. The van der Waals surface area contributed by atoms with E-state index in [1.165, 1.54) is 37.7 Å². The molecule has 9 saturated carbocycles. The number of esters is 1. The van der Waals surface area contributed by atoms with E-state index in [0.29, 0.717) is 73.8 Å². The Bertz CT molecular complexity index is 3330. The molecular formula is C75H101N7O7S2. The normalized spacial score (nSPS) is 45.7. The number of aliphatic hydroxyl groups is 2. The highest BCUT2D eigenvalue weighted by molar-refractivity contribution is 8.77. The summed E-state index contributed by atoms with van der Waals surface area (Å²) in [6.07, 6.45) is 36.0. The first-order chi connectivity index (χ1) is 44.1. The molecule has 2 aromatic carbocycles. The second kappa shape index (κ2) is 22.4. The number of ether oxygens (including phenoxy) is 2. The molecule has 21 unspecified atom stereocenters. The third kappa shape index (κ3) is 9.16. The van der Waals surface area contributed by atoms with Crippen LogP contribution in [0, 0.1) is 74.9 Å². The van der Waals surface area contributed by atoms with Crippen LogP contribution >= 0.6 is 21.6 Å². The number of amides is 1. The van der Waals surface area contributed by atoms with Crippen molar-refractivity contribution < 1.29 is 34.4 Å². The van der Waals surface area contributed by atoms with Crippen molar-refractivity contribution in [2.45, 2.75) is 245 Å². The molecule has 1 saturated heterocycles.